The molecule has 5 heteroatoms. The molecule has 2 atom stereocenters. The van der Waals surface area contributed by atoms with E-state index in [0.29, 0.717) is 13.0 Å². The largest absolute Gasteiger partial charge is 0.480 e. The molecule has 2 rings (SSSR count). The molecule has 2 N–H and O–H groups in total. The van der Waals surface area contributed by atoms with E-state index >= 15 is 0 Å². The minimum Gasteiger partial charge on any atom is -0.480 e. The van der Waals surface area contributed by atoms with Gasteiger partial charge in [0.2, 0.25) is 5.91 Å². The number of carboxylic acids is 1. The summed E-state index contributed by atoms with van der Waals surface area (Å²) in [6.07, 6.45) is 5.97. The van der Waals surface area contributed by atoms with E-state index in [4.69, 9.17) is 0 Å². The highest BCUT2D eigenvalue weighted by Gasteiger charge is 2.45. The number of aliphatic carboxylic acids is 1. The van der Waals surface area contributed by atoms with Crippen LogP contribution < -0.4 is 5.32 Å². The average molecular weight is 268 g/mol. The van der Waals surface area contributed by atoms with Crippen molar-refractivity contribution in [3.05, 3.63) is 0 Å². The number of piperidine rings is 1. The Morgan fingerprint density at radius 2 is 2.16 bits per heavy atom. The molecule has 2 saturated heterocycles. The molecule has 0 aliphatic carbocycles. The van der Waals surface area contributed by atoms with Gasteiger partial charge in [-0.15, -0.1) is 0 Å². The highest BCUT2D eigenvalue weighted by Crippen LogP contribution is 2.30. The third kappa shape index (κ3) is 2.76. The average Bonchev–Trinajstić information content (AvgIpc) is 2.88. The van der Waals surface area contributed by atoms with Crippen molar-refractivity contribution in [1.82, 2.24) is 10.2 Å². The van der Waals surface area contributed by atoms with Crippen LogP contribution in [0.15, 0.2) is 0 Å². The smallest absolute Gasteiger partial charge is 0.326 e. The third-order valence-electron chi connectivity index (χ3n) is 4.38. The van der Waals surface area contributed by atoms with E-state index in [9.17, 15) is 14.7 Å². The fourth-order valence-electron chi connectivity index (χ4n) is 3.44. The molecule has 108 valence electrons. The van der Waals surface area contributed by atoms with Crippen LogP contribution in [-0.2, 0) is 9.59 Å². The molecule has 5 nitrogen and oxygen atoms in total. The number of carbonyl (C=O) groups excluding carboxylic acids is 1. The van der Waals surface area contributed by atoms with E-state index in [-0.39, 0.29) is 5.91 Å². The van der Waals surface area contributed by atoms with Crippen LogP contribution in [0.3, 0.4) is 0 Å². The first-order valence-electron chi connectivity index (χ1n) is 7.39. The quantitative estimate of drug-likeness (QED) is 0.808. The fourth-order valence-corrected chi connectivity index (χ4v) is 3.44. The zero-order valence-electron chi connectivity index (χ0n) is 11.7. The van der Waals surface area contributed by atoms with E-state index in [1.54, 1.807) is 4.90 Å². The molecule has 1 amide bonds. The van der Waals surface area contributed by atoms with E-state index in [1.165, 1.54) is 0 Å². The molecule has 2 aliphatic heterocycles. The molecule has 0 saturated carbocycles. The minimum atomic E-state index is -0.863. The maximum absolute atomic E-state index is 12.8. The summed E-state index contributed by atoms with van der Waals surface area (Å²) in [6, 6.07) is -0.627. The number of hydrogen-bond donors (Lipinski definition) is 2. The third-order valence-corrected chi connectivity index (χ3v) is 4.38. The van der Waals surface area contributed by atoms with Crippen molar-refractivity contribution < 1.29 is 14.7 Å². The second-order valence-electron chi connectivity index (χ2n) is 5.71. The second-order valence-corrected chi connectivity index (χ2v) is 5.71. The summed E-state index contributed by atoms with van der Waals surface area (Å²) in [5, 5.41) is 12.6. The Labute approximate surface area is 114 Å². The van der Waals surface area contributed by atoms with Crippen LogP contribution in [0.4, 0.5) is 0 Å². The van der Waals surface area contributed by atoms with Crippen LogP contribution in [0.2, 0.25) is 0 Å². The van der Waals surface area contributed by atoms with Gasteiger partial charge in [0.15, 0.2) is 0 Å². The summed E-state index contributed by atoms with van der Waals surface area (Å²) in [5.41, 5.74) is -0.500. The van der Waals surface area contributed by atoms with Gasteiger partial charge in [0.25, 0.3) is 0 Å². The van der Waals surface area contributed by atoms with Crippen molar-refractivity contribution in [3.8, 4) is 0 Å². The lowest BCUT2D eigenvalue weighted by Crippen LogP contribution is -2.60. The van der Waals surface area contributed by atoms with Gasteiger partial charge in [0.05, 0.1) is 5.54 Å². The molecule has 1 unspecified atom stereocenters. The van der Waals surface area contributed by atoms with Crippen molar-refractivity contribution >= 4 is 11.9 Å². The van der Waals surface area contributed by atoms with Gasteiger partial charge >= 0.3 is 5.97 Å². The van der Waals surface area contributed by atoms with Crippen molar-refractivity contribution in [2.75, 3.05) is 13.1 Å². The van der Waals surface area contributed by atoms with Crippen LogP contribution in [0.5, 0.6) is 0 Å². The molecule has 19 heavy (non-hydrogen) atoms. The molecule has 0 radical (unpaired) electrons. The number of carboxylic acid groups (broad SMARTS) is 1. The molecule has 2 heterocycles. The molecular weight excluding hydrogens is 244 g/mol. The van der Waals surface area contributed by atoms with E-state index in [1.807, 2.05) is 0 Å². The topological polar surface area (TPSA) is 69.6 Å². The maximum Gasteiger partial charge on any atom is 0.326 e. The van der Waals surface area contributed by atoms with Gasteiger partial charge in [-0.3, -0.25) is 4.79 Å². The number of nitrogens with zero attached hydrogens (tertiary/aromatic N) is 1. The minimum absolute atomic E-state index is 0.0129. The first kappa shape index (κ1) is 14.3. The van der Waals surface area contributed by atoms with Crippen molar-refractivity contribution in [3.63, 3.8) is 0 Å². The van der Waals surface area contributed by atoms with Gasteiger partial charge in [-0.2, -0.15) is 0 Å². The van der Waals surface area contributed by atoms with Gasteiger partial charge in [0.1, 0.15) is 6.04 Å². The van der Waals surface area contributed by atoms with Crippen LogP contribution in [0, 0.1) is 0 Å². The van der Waals surface area contributed by atoms with Crippen molar-refractivity contribution in [1.29, 1.82) is 0 Å². The second kappa shape index (κ2) is 5.90. The first-order chi connectivity index (χ1) is 9.10. The van der Waals surface area contributed by atoms with Gasteiger partial charge in [0, 0.05) is 6.54 Å². The summed E-state index contributed by atoms with van der Waals surface area (Å²) >= 11 is 0. The molecule has 0 aromatic heterocycles. The van der Waals surface area contributed by atoms with Crippen LogP contribution in [0.25, 0.3) is 0 Å². The normalized spacial score (nSPS) is 31.4. The lowest BCUT2D eigenvalue weighted by Gasteiger charge is -2.39. The van der Waals surface area contributed by atoms with E-state index in [2.05, 4.69) is 12.2 Å². The monoisotopic (exact) mass is 268 g/mol. The summed E-state index contributed by atoms with van der Waals surface area (Å²) in [7, 11) is 0. The lowest BCUT2D eigenvalue weighted by molar-refractivity contribution is -0.155. The SMILES string of the molecule is CCCC1(C(=O)N2CCCC[C@H]2C(=O)O)CCCN1. The van der Waals surface area contributed by atoms with Gasteiger partial charge in [-0.05, 0) is 45.1 Å². The Balaban J connectivity index is 2.17. The van der Waals surface area contributed by atoms with Gasteiger partial charge in [-0.1, -0.05) is 13.3 Å². The summed E-state index contributed by atoms with van der Waals surface area (Å²) in [4.78, 5) is 25.8. The Morgan fingerprint density at radius 3 is 2.74 bits per heavy atom. The molecule has 2 fully saturated rings. The number of likely N-dealkylation sites (tertiary alicyclic amines) is 1. The highest BCUT2D eigenvalue weighted by atomic mass is 16.4. The Hall–Kier alpha value is -1.10. The molecule has 0 bridgehead atoms. The number of nitrogens with one attached hydrogen (secondary N) is 1. The number of carbonyl (C=O) groups is 2. The highest BCUT2D eigenvalue weighted by molar-refractivity contribution is 5.90. The molecule has 0 spiro atoms. The maximum atomic E-state index is 12.8. The zero-order valence-corrected chi connectivity index (χ0v) is 11.7. The number of rotatable bonds is 4. The number of amides is 1. The summed E-state index contributed by atoms with van der Waals surface area (Å²) in [6.45, 7) is 3.51. The van der Waals surface area contributed by atoms with Crippen molar-refractivity contribution in [2.24, 2.45) is 0 Å². The Bertz CT molecular complexity index is 351. The Kier molecular flexibility index (Phi) is 4.45. The lowest BCUT2D eigenvalue weighted by atomic mass is 9.88. The first-order valence-corrected chi connectivity index (χ1v) is 7.39. The predicted octanol–water partition coefficient (Wildman–Crippen LogP) is 1.37. The summed E-state index contributed by atoms with van der Waals surface area (Å²) < 4.78 is 0. The van der Waals surface area contributed by atoms with Gasteiger partial charge < -0.3 is 15.3 Å². The molecule has 0 aromatic rings. The standard InChI is InChI=1S/C14H24N2O3/c1-2-7-14(8-5-9-15-14)13(19)16-10-4-3-6-11(16)12(17)18/h11,15H,2-10H2,1H3,(H,17,18)/t11-,14?/m0/s1. The van der Waals surface area contributed by atoms with Crippen LogP contribution >= 0.6 is 0 Å². The van der Waals surface area contributed by atoms with E-state index < -0.39 is 17.6 Å². The summed E-state index contributed by atoms with van der Waals surface area (Å²) in [5.74, 6) is -0.850. The van der Waals surface area contributed by atoms with Gasteiger partial charge in [-0.25, -0.2) is 4.79 Å². The molecule has 0 aromatic carbocycles. The fraction of sp³-hybridized carbons (Fsp3) is 0.857. The van der Waals surface area contributed by atoms with Crippen LogP contribution in [0.1, 0.15) is 51.9 Å². The predicted molar refractivity (Wildman–Crippen MR) is 71.9 cm³/mol. The zero-order chi connectivity index (χ0) is 13.9. The molecule has 2 aliphatic rings. The van der Waals surface area contributed by atoms with Crippen LogP contribution in [-0.4, -0.2) is 46.6 Å². The number of hydrogen-bond acceptors (Lipinski definition) is 3. The van der Waals surface area contributed by atoms with Crippen molar-refractivity contribution in [2.45, 2.75) is 63.5 Å². The Morgan fingerprint density at radius 1 is 1.37 bits per heavy atom. The molecular formula is C14H24N2O3. The van der Waals surface area contributed by atoms with E-state index in [0.717, 1.165) is 45.1 Å².